The summed E-state index contributed by atoms with van der Waals surface area (Å²) < 4.78 is 0. The minimum absolute atomic E-state index is 0.152. The highest BCUT2D eigenvalue weighted by Crippen LogP contribution is 2.33. The molecule has 1 aliphatic carbocycles. The fourth-order valence-corrected chi connectivity index (χ4v) is 1.19. The third-order valence-electron chi connectivity index (χ3n) is 3.10. The molecule has 0 aliphatic heterocycles. The van der Waals surface area contributed by atoms with Crippen LogP contribution in [0.15, 0.2) is 0 Å². The van der Waals surface area contributed by atoms with Gasteiger partial charge in [-0.1, -0.05) is 6.92 Å². The van der Waals surface area contributed by atoms with Crippen molar-refractivity contribution in [3.8, 4) is 0 Å². The van der Waals surface area contributed by atoms with E-state index in [1.54, 1.807) is 0 Å². The van der Waals surface area contributed by atoms with Crippen LogP contribution in [-0.4, -0.2) is 23.3 Å². The first-order valence-electron chi connectivity index (χ1n) is 4.81. The average molecular weight is 168 g/mol. The molecule has 0 aromatic carbocycles. The van der Waals surface area contributed by atoms with Crippen LogP contribution in [0, 0.1) is 11.3 Å². The first kappa shape index (κ1) is 9.56. The molecule has 0 spiro atoms. The Bertz CT molecular complexity index is 180. The molecule has 0 radical (unpaired) electrons. The highest BCUT2D eigenvalue weighted by Gasteiger charge is 2.33. The van der Waals surface area contributed by atoms with E-state index in [1.165, 1.54) is 12.8 Å². The summed E-state index contributed by atoms with van der Waals surface area (Å²) >= 11 is 0. The molecule has 12 heavy (non-hydrogen) atoms. The number of amidine groups is 1. The lowest BCUT2D eigenvalue weighted by Crippen LogP contribution is -2.44. The molecule has 0 unspecified atom stereocenters. The fraction of sp³-hybridized carbons (Fsp3) is 0.900. The zero-order valence-electron chi connectivity index (χ0n) is 8.65. The van der Waals surface area contributed by atoms with Gasteiger partial charge in [-0.15, -0.1) is 0 Å². The topological polar surface area (TPSA) is 27.1 Å². The molecule has 0 saturated heterocycles. The molecule has 0 aromatic rings. The molecular weight excluding hydrogens is 148 g/mol. The van der Waals surface area contributed by atoms with Gasteiger partial charge in [0.2, 0.25) is 0 Å². The molecule has 2 heteroatoms. The van der Waals surface area contributed by atoms with Crippen LogP contribution in [-0.2, 0) is 0 Å². The number of nitrogens with one attached hydrogen (secondary N) is 1. The summed E-state index contributed by atoms with van der Waals surface area (Å²) in [6.07, 6.45) is 3.55. The Hall–Kier alpha value is -0.530. The van der Waals surface area contributed by atoms with E-state index in [4.69, 9.17) is 5.41 Å². The lowest BCUT2D eigenvalue weighted by molar-refractivity contribution is 0.239. The maximum Gasteiger partial charge on any atom is 0.0991 e. The minimum Gasteiger partial charge on any atom is -0.358 e. The van der Waals surface area contributed by atoms with Gasteiger partial charge in [0.1, 0.15) is 0 Å². The first-order chi connectivity index (χ1) is 5.49. The van der Waals surface area contributed by atoms with E-state index in [1.807, 2.05) is 7.05 Å². The molecule has 0 aromatic heterocycles. The maximum absolute atomic E-state index is 7.90. The molecular formula is C10H20N2. The van der Waals surface area contributed by atoms with Crippen LogP contribution in [0.3, 0.4) is 0 Å². The van der Waals surface area contributed by atoms with Crippen LogP contribution in [0.25, 0.3) is 0 Å². The Kier molecular flexibility index (Phi) is 2.45. The van der Waals surface area contributed by atoms with Crippen LogP contribution in [0.2, 0.25) is 0 Å². The molecule has 1 fully saturated rings. The van der Waals surface area contributed by atoms with Gasteiger partial charge in [-0.2, -0.15) is 0 Å². The van der Waals surface area contributed by atoms with Gasteiger partial charge in [0.15, 0.2) is 0 Å². The third kappa shape index (κ3) is 1.79. The Morgan fingerprint density at radius 3 is 2.33 bits per heavy atom. The molecule has 1 N–H and O–H groups in total. The van der Waals surface area contributed by atoms with E-state index in [2.05, 4.69) is 25.7 Å². The second kappa shape index (κ2) is 3.08. The van der Waals surface area contributed by atoms with Gasteiger partial charge in [0, 0.05) is 18.5 Å². The van der Waals surface area contributed by atoms with Crippen LogP contribution >= 0.6 is 0 Å². The first-order valence-corrected chi connectivity index (χ1v) is 4.81. The van der Waals surface area contributed by atoms with E-state index in [-0.39, 0.29) is 5.54 Å². The lowest BCUT2D eigenvalue weighted by atomic mass is 9.99. The number of rotatable bonds is 3. The van der Waals surface area contributed by atoms with Gasteiger partial charge in [-0.25, -0.2) is 0 Å². The van der Waals surface area contributed by atoms with Crippen molar-refractivity contribution in [1.82, 2.24) is 4.90 Å². The maximum atomic E-state index is 7.90. The lowest BCUT2D eigenvalue weighted by Gasteiger charge is -2.37. The third-order valence-corrected chi connectivity index (χ3v) is 3.10. The quantitative estimate of drug-likeness (QED) is 0.508. The van der Waals surface area contributed by atoms with Gasteiger partial charge >= 0.3 is 0 Å². The molecule has 1 saturated carbocycles. The summed E-state index contributed by atoms with van der Waals surface area (Å²) in [6.45, 7) is 6.57. The van der Waals surface area contributed by atoms with Crippen molar-refractivity contribution in [2.75, 3.05) is 7.05 Å². The Balaban J connectivity index is 2.55. The highest BCUT2D eigenvalue weighted by atomic mass is 15.2. The average Bonchev–Trinajstić information content (AvgIpc) is 2.84. The van der Waals surface area contributed by atoms with Crippen LogP contribution in [0.4, 0.5) is 0 Å². The van der Waals surface area contributed by atoms with Gasteiger partial charge in [0.05, 0.1) is 5.84 Å². The smallest absolute Gasteiger partial charge is 0.0991 e. The van der Waals surface area contributed by atoms with E-state index in [9.17, 15) is 0 Å². The minimum atomic E-state index is 0.152. The molecule has 1 rings (SSSR count). The SMILES string of the molecule is CCC(C)(C)N(C)C(=N)C1CC1. The van der Waals surface area contributed by atoms with Crippen molar-refractivity contribution in [3.63, 3.8) is 0 Å². The van der Waals surface area contributed by atoms with Crippen LogP contribution in [0.5, 0.6) is 0 Å². The summed E-state index contributed by atoms with van der Waals surface area (Å²) in [6, 6.07) is 0. The van der Waals surface area contributed by atoms with E-state index >= 15 is 0 Å². The molecule has 0 amide bonds. The normalized spacial score (nSPS) is 17.7. The Morgan fingerprint density at radius 2 is 2.00 bits per heavy atom. The summed E-state index contributed by atoms with van der Waals surface area (Å²) in [5, 5.41) is 7.90. The largest absolute Gasteiger partial charge is 0.358 e. The van der Waals surface area contributed by atoms with E-state index < -0.39 is 0 Å². The van der Waals surface area contributed by atoms with Crippen molar-refractivity contribution < 1.29 is 0 Å². The summed E-state index contributed by atoms with van der Waals surface area (Å²) in [7, 11) is 2.05. The molecule has 0 bridgehead atoms. The second-order valence-electron chi connectivity index (χ2n) is 4.38. The summed E-state index contributed by atoms with van der Waals surface area (Å²) in [4.78, 5) is 2.13. The second-order valence-corrected chi connectivity index (χ2v) is 4.38. The van der Waals surface area contributed by atoms with Crippen molar-refractivity contribution in [1.29, 1.82) is 5.41 Å². The Morgan fingerprint density at radius 1 is 1.50 bits per heavy atom. The van der Waals surface area contributed by atoms with Crippen LogP contribution in [0.1, 0.15) is 40.0 Å². The van der Waals surface area contributed by atoms with Crippen molar-refractivity contribution >= 4 is 5.84 Å². The van der Waals surface area contributed by atoms with Crippen molar-refractivity contribution in [2.24, 2.45) is 5.92 Å². The van der Waals surface area contributed by atoms with Crippen molar-refractivity contribution in [2.45, 2.75) is 45.6 Å². The molecule has 0 atom stereocenters. The van der Waals surface area contributed by atoms with Crippen LogP contribution < -0.4 is 0 Å². The van der Waals surface area contributed by atoms with Crippen molar-refractivity contribution in [3.05, 3.63) is 0 Å². The van der Waals surface area contributed by atoms with Gasteiger partial charge < -0.3 is 4.90 Å². The molecule has 70 valence electrons. The van der Waals surface area contributed by atoms with Gasteiger partial charge in [-0.3, -0.25) is 5.41 Å². The predicted octanol–water partition coefficient (Wildman–Crippen LogP) is 2.49. The summed E-state index contributed by atoms with van der Waals surface area (Å²) in [5.41, 5.74) is 0.152. The molecule has 2 nitrogen and oxygen atoms in total. The predicted molar refractivity (Wildman–Crippen MR) is 52.6 cm³/mol. The van der Waals surface area contributed by atoms with E-state index in [0.717, 1.165) is 12.3 Å². The van der Waals surface area contributed by atoms with E-state index in [0.29, 0.717) is 5.92 Å². The monoisotopic (exact) mass is 168 g/mol. The number of hydrogen-bond donors (Lipinski definition) is 1. The molecule has 1 aliphatic rings. The van der Waals surface area contributed by atoms with Gasteiger partial charge in [-0.05, 0) is 33.1 Å². The molecule has 0 heterocycles. The summed E-state index contributed by atoms with van der Waals surface area (Å²) in [5.74, 6) is 1.41. The number of nitrogens with zero attached hydrogens (tertiary/aromatic N) is 1. The standard InChI is InChI=1S/C10H20N2/c1-5-10(2,3)12(4)9(11)8-6-7-8/h8,11H,5-7H2,1-4H3. The Labute approximate surface area is 75.5 Å². The fourth-order valence-electron chi connectivity index (χ4n) is 1.19. The zero-order valence-corrected chi connectivity index (χ0v) is 8.65. The highest BCUT2D eigenvalue weighted by molar-refractivity contribution is 5.84. The zero-order chi connectivity index (χ0) is 9.35. The number of hydrogen-bond acceptors (Lipinski definition) is 1. The van der Waals surface area contributed by atoms with Gasteiger partial charge in [0.25, 0.3) is 0 Å².